The Kier molecular flexibility index (Phi) is 4.32. The van der Waals surface area contributed by atoms with Gasteiger partial charge in [0, 0.05) is 47.7 Å². The summed E-state index contributed by atoms with van der Waals surface area (Å²) in [5.74, 6) is -0.452. The number of amides is 1. The molecule has 4 atom stereocenters. The van der Waals surface area contributed by atoms with Gasteiger partial charge in [0.1, 0.15) is 5.41 Å². The lowest BCUT2D eigenvalue weighted by molar-refractivity contribution is -0.191. The number of halogens is 3. The van der Waals surface area contributed by atoms with Crippen LogP contribution in [-0.2, 0) is 4.79 Å². The zero-order valence-electron chi connectivity index (χ0n) is 18.1. The highest BCUT2D eigenvalue weighted by atomic mass is 19.4. The van der Waals surface area contributed by atoms with Gasteiger partial charge in [-0.25, -0.2) is 0 Å². The molecular weight excluding hydrogens is 429 g/mol. The SMILES string of the molecule is N#Cc1ccc(N2CC3(C(=O)NC4CC5CCC(C4)N5)CC3(C(F)(F)F)C2)c2ccccc12. The quantitative estimate of drug-likeness (QED) is 0.739. The molecule has 3 aliphatic heterocycles. The Balaban J connectivity index is 1.32. The lowest BCUT2D eigenvalue weighted by Gasteiger charge is -2.31. The predicted octanol–water partition coefficient (Wildman–Crippen LogP) is 3.87. The number of nitrogens with one attached hydrogen (secondary N) is 2. The van der Waals surface area contributed by atoms with Crippen LogP contribution < -0.4 is 15.5 Å². The van der Waals surface area contributed by atoms with Crippen molar-refractivity contribution in [1.82, 2.24) is 10.6 Å². The van der Waals surface area contributed by atoms with E-state index in [0.29, 0.717) is 28.7 Å². The number of hydrogen-bond donors (Lipinski definition) is 2. The fourth-order valence-electron chi connectivity index (χ4n) is 6.75. The van der Waals surface area contributed by atoms with Crippen LogP contribution in [0.4, 0.5) is 18.9 Å². The Morgan fingerprint density at radius 1 is 1.09 bits per heavy atom. The van der Waals surface area contributed by atoms with Crippen LogP contribution in [0.3, 0.4) is 0 Å². The minimum absolute atomic E-state index is 0.0338. The van der Waals surface area contributed by atoms with E-state index in [1.165, 1.54) is 0 Å². The molecule has 5 nitrogen and oxygen atoms in total. The monoisotopic (exact) mass is 454 g/mol. The van der Waals surface area contributed by atoms with Crippen molar-refractivity contribution in [3.8, 4) is 6.07 Å². The lowest BCUT2D eigenvalue weighted by Crippen LogP contribution is -2.51. The Bertz CT molecular complexity index is 1180. The lowest BCUT2D eigenvalue weighted by atomic mass is 9.93. The van der Waals surface area contributed by atoms with Crippen molar-refractivity contribution in [2.45, 2.75) is 56.4 Å². The van der Waals surface area contributed by atoms with Gasteiger partial charge in [-0.2, -0.15) is 18.4 Å². The molecule has 2 aromatic carbocycles. The Hall–Kier alpha value is -2.79. The fourth-order valence-corrected chi connectivity index (χ4v) is 6.75. The molecule has 8 heteroatoms. The number of anilines is 1. The number of fused-ring (bicyclic) bond motifs is 4. The van der Waals surface area contributed by atoms with Gasteiger partial charge in [0.2, 0.25) is 5.91 Å². The number of benzene rings is 2. The van der Waals surface area contributed by atoms with Crippen LogP contribution in [0, 0.1) is 22.2 Å². The number of alkyl halides is 3. The molecule has 0 radical (unpaired) electrons. The number of rotatable bonds is 3. The van der Waals surface area contributed by atoms with Crippen molar-refractivity contribution in [2.75, 3.05) is 18.0 Å². The molecular formula is C25H25F3N4O. The molecule has 2 aromatic rings. The number of hydrogen-bond acceptors (Lipinski definition) is 4. The van der Waals surface area contributed by atoms with Crippen LogP contribution >= 0.6 is 0 Å². The molecule has 33 heavy (non-hydrogen) atoms. The van der Waals surface area contributed by atoms with Gasteiger partial charge in [-0.15, -0.1) is 0 Å². The third-order valence-corrected chi connectivity index (χ3v) is 8.46. The number of nitriles is 1. The van der Waals surface area contributed by atoms with Crippen LogP contribution in [0.2, 0.25) is 0 Å². The normalized spacial score (nSPS) is 34.7. The molecule has 2 bridgehead atoms. The van der Waals surface area contributed by atoms with Crippen LogP contribution in [0.25, 0.3) is 10.8 Å². The molecule has 0 aromatic heterocycles. The van der Waals surface area contributed by atoms with E-state index in [1.54, 1.807) is 17.0 Å². The topological polar surface area (TPSA) is 68.2 Å². The summed E-state index contributed by atoms with van der Waals surface area (Å²) in [6, 6.07) is 13.4. The van der Waals surface area contributed by atoms with E-state index in [0.717, 1.165) is 31.1 Å². The number of nitrogens with zero attached hydrogens (tertiary/aromatic N) is 2. The maximum atomic E-state index is 14.4. The van der Waals surface area contributed by atoms with Crippen molar-refractivity contribution in [3.63, 3.8) is 0 Å². The molecule has 1 aliphatic carbocycles. The smallest absolute Gasteiger partial charge is 0.369 e. The maximum Gasteiger partial charge on any atom is 0.397 e. The highest BCUT2D eigenvalue weighted by Crippen LogP contribution is 2.75. The first kappa shape index (κ1) is 20.8. The first-order valence-electron chi connectivity index (χ1n) is 11.6. The summed E-state index contributed by atoms with van der Waals surface area (Å²) in [4.78, 5) is 15.1. The van der Waals surface area contributed by atoms with E-state index in [4.69, 9.17) is 0 Å². The molecule has 3 heterocycles. The Labute approximate surface area is 189 Å². The van der Waals surface area contributed by atoms with Gasteiger partial charge in [-0.3, -0.25) is 4.79 Å². The summed E-state index contributed by atoms with van der Waals surface area (Å²) in [5, 5.41) is 17.4. The number of carbonyl (C=O) groups excluding carboxylic acids is 1. The predicted molar refractivity (Wildman–Crippen MR) is 118 cm³/mol. The number of carbonyl (C=O) groups is 1. The molecule has 3 saturated heterocycles. The molecule has 1 saturated carbocycles. The maximum absolute atomic E-state index is 14.4. The average molecular weight is 454 g/mol. The van der Waals surface area contributed by atoms with Gasteiger partial charge in [0.25, 0.3) is 0 Å². The van der Waals surface area contributed by atoms with E-state index in [9.17, 15) is 23.2 Å². The number of piperidine rings is 2. The minimum atomic E-state index is -4.46. The van der Waals surface area contributed by atoms with Crippen molar-refractivity contribution in [3.05, 3.63) is 42.0 Å². The summed E-state index contributed by atoms with van der Waals surface area (Å²) in [6.45, 7) is -0.205. The minimum Gasteiger partial charge on any atom is -0.369 e. The second-order valence-corrected chi connectivity index (χ2v) is 10.3. The van der Waals surface area contributed by atoms with Crippen molar-refractivity contribution in [1.29, 1.82) is 5.26 Å². The van der Waals surface area contributed by atoms with Gasteiger partial charge < -0.3 is 15.5 Å². The van der Waals surface area contributed by atoms with Crippen LogP contribution in [0.5, 0.6) is 0 Å². The largest absolute Gasteiger partial charge is 0.397 e. The second-order valence-electron chi connectivity index (χ2n) is 10.3. The van der Waals surface area contributed by atoms with Gasteiger partial charge in [0.05, 0.1) is 17.0 Å². The molecule has 0 spiro atoms. The van der Waals surface area contributed by atoms with Gasteiger partial charge in [0.15, 0.2) is 0 Å². The highest BCUT2D eigenvalue weighted by molar-refractivity contribution is 5.99. The van der Waals surface area contributed by atoms with Crippen LogP contribution in [0.15, 0.2) is 36.4 Å². The Morgan fingerprint density at radius 3 is 2.45 bits per heavy atom. The molecule has 6 rings (SSSR count). The average Bonchev–Trinajstić information content (AvgIpc) is 3.15. The van der Waals surface area contributed by atoms with E-state index in [-0.39, 0.29) is 25.6 Å². The van der Waals surface area contributed by atoms with Crippen molar-refractivity contribution in [2.24, 2.45) is 10.8 Å². The molecule has 2 N–H and O–H groups in total. The summed E-state index contributed by atoms with van der Waals surface area (Å²) in [7, 11) is 0. The molecule has 4 fully saturated rings. The van der Waals surface area contributed by atoms with Gasteiger partial charge in [-0.1, -0.05) is 24.3 Å². The molecule has 4 aliphatic rings. The van der Waals surface area contributed by atoms with Gasteiger partial charge in [-0.05, 0) is 44.2 Å². The van der Waals surface area contributed by atoms with E-state index in [2.05, 4.69) is 16.7 Å². The van der Waals surface area contributed by atoms with Crippen molar-refractivity contribution < 1.29 is 18.0 Å². The summed E-state index contributed by atoms with van der Waals surface area (Å²) in [6.07, 6.45) is -0.933. The third kappa shape index (κ3) is 2.91. The zero-order chi connectivity index (χ0) is 23.0. The zero-order valence-corrected chi connectivity index (χ0v) is 18.1. The summed E-state index contributed by atoms with van der Waals surface area (Å²) >= 11 is 0. The first-order chi connectivity index (χ1) is 15.8. The van der Waals surface area contributed by atoms with E-state index < -0.39 is 22.9 Å². The summed E-state index contributed by atoms with van der Waals surface area (Å²) < 4.78 is 43.1. The second kappa shape index (κ2) is 6.86. The van der Waals surface area contributed by atoms with Crippen LogP contribution in [-0.4, -0.2) is 43.3 Å². The van der Waals surface area contributed by atoms with E-state index >= 15 is 0 Å². The Morgan fingerprint density at radius 2 is 1.79 bits per heavy atom. The van der Waals surface area contributed by atoms with Gasteiger partial charge >= 0.3 is 6.18 Å². The molecule has 172 valence electrons. The highest BCUT2D eigenvalue weighted by Gasteiger charge is 2.86. The van der Waals surface area contributed by atoms with Crippen molar-refractivity contribution >= 4 is 22.4 Å². The third-order valence-electron chi connectivity index (χ3n) is 8.46. The first-order valence-corrected chi connectivity index (χ1v) is 11.6. The standard InChI is InChI=1S/C25H25F3N4O/c26-25(27,28)24-12-23(24,22(33)31-18-9-16-6-7-17(10-18)30-16)13-32(14-24)21-8-5-15(11-29)19-3-1-2-4-20(19)21/h1-5,8,16-18,30H,6-7,9-10,12-14H2,(H,31,33). The molecule has 1 amide bonds. The molecule has 4 unspecified atom stereocenters. The van der Waals surface area contributed by atoms with E-state index in [1.807, 2.05) is 24.3 Å². The summed E-state index contributed by atoms with van der Waals surface area (Å²) in [5.41, 5.74) is -2.35. The van der Waals surface area contributed by atoms with Crippen LogP contribution in [0.1, 0.15) is 37.7 Å². The fraction of sp³-hybridized carbons (Fsp3) is 0.520.